The second-order valence-electron chi connectivity index (χ2n) is 5.81. The van der Waals surface area contributed by atoms with Crippen LogP contribution >= 0.6 is 35.6 Å². The van der Waals surface area contributed by atoms with Gasteiger partial charge in [-0.25, -0.2) is 0 Å². The van der Waals surface area contributed by atoms with Crippen LogP contribution in [0, 0.1) is 0 Å². The van der Waals surface area contributed by atoms with Gasteiger partial charge < -0.3 is 9.80 Å². The lowest BCUT2D eigenvalue weighted by atomic mass is 10.1. The average molecular weight is 362 g/mol. The number of hydrogen-bond acceptors (Lipinski definition) is 2. The molecule has 130 valence electrons. The molecule has 0 aromatic rings. The third-order valence-corrected chi connectivity index (χ3v) is 4.10. The maximum absolute atomic E-state index is 5.71. The normalized spacial score (nSPS) is 11.1. The van der Waals surface area contributed by atoms with Gasteiger partial charge in [-0.1, -0.05) is 38.5 Å². The van der Waals surface area contributed by atoms with Crippen molar-refractivity contribution in [1.82, 2.24) is 9.80 Å². The predicted molar refractivity (Wildman–Crippen MR) is 101 cm³/mol. The number of nitrogens with zero attached hydrogens (tertiary/aromatic N) is 2. The molecule has 21 heavy (non-hydrogen) atoms. The maximum atomic E-state index is 5.71. The first-order valence-corrected chi connectivity index (χ1v) is 9.26. The number of unbranched alkanes of at least 4 members (excludes halogenated alkanes) is 7. The summed E-state index contributed by atoms with van der Waals surface area (Å²) < 4.78 is 0. The predicted octanol–water partition coefficient (Wildman–Crippen LogP) is 4.87. The summed E-state index contributed by atoms with van der Waals surface area (Å²) in [7, 11) is 4.31. The van der Waals surface area contributed by atoms with Crippen LogP contribution in [0.3, 0.4) is 0 Å². The molecule has 0 aliphatic heterocycles. The lowest BCUT2D eigenvalue weighted by Gasteiger charge is -2.14. The van der Waals surface area contributed by atoms with Crippen molar-refractivity contribution >= 4 is 35.6 Å². The molecule has 0 saturated heterocycles. The molecule has 0 bridgehead atoms. The van der Waals surface area contributed by atoms with Crippen LogP contribution < -0.4 is 0 Å². The molecule has 0 heterocycles. The molecular formula is C16H35Cl3N2. The minimum atomic E-state index is 0. The van der Waals surface area contributed by atoms with E-state index < -0.39 is 0 Å². The van der Waals surface area contributed by atoms with Gasteiger partial charge >= 0.3 is 0 Å². The van der Waals surface area contributed by atoms with Crippen LogP contribution in [0.5, 0.6) is 0 Å². The summed E-state index contributed by atoms with van der Waals surface area (Å²) in [5, 5.41) is 0. The summed E-state index contributed by atoms with van der Waals surface area (Å²) in [4.78, 5) is 4.65. The van der Waals surface area contributed by atoms with Gasteiger partial charge in [0.25, 0.3) is 0 Å². The van der Waals surface area contributed by atoms with Gasteiger partial charge in [-0.3, -0.25) is 0 Å². The smallest absolute Gasteiger partial charge is 0.0351 e. The van der Waals surface area contributed by atoms with E-state index in [-0.39, 0.29) is 12.4 Å². The van der Waals surface area contributed by atoms with E-state index in [0.717, 1.165) is 24.8 Å². The molecule has 0 aromatic carbocycles. The number of rotatable bonds is 15. The Kier molecular flexibility index (Phi) is 21.6. The highest BCUT2D eigenvalue weighted by Gasteiger charge is 1.98. The van der Waals surface area contributed by atoms with E-state index in [2.05, 4.69) is 23.9 Å². The molecule has 0 aromatic heterocycles. The SMILES string of the molecule is CN(CCCl)CCCCCCCCCCN(C)CCCl.Cl. The first kappa shape index (κ1) is 24.0. The zero-order valence-corrected chi connectivity index (χ0v) is 16.3. The zero-order valence-electron chi connectivity index (χ0n) is 14.0. The van der Waals surface area contributed by atoms with Crippen molar-refractivity contribution in [2.24, 2.45) is 0 Å². The molecule has 2 nitrogen and oxygen atoms in total. The Labute approximate surface area is 148 Å². The molecule has 0 fully saturated rings. The van der Waals surface area contributed by atoms with Crippen LogP contribution in [-0.4, -0.2) is 61.8 Å². The van der Waals surface area contributed by atoms with E-state index >= 15 is 0 Å². The first-order chi connectivity index (χ1) is 9.70. The summed E-state index contributed by atoms with van der Waals surface area (Å²) in [5.41, 5.74) is 0. The van der Waals surface area contributed by atoms with E-state index in [0.29, 0.717) is 0 Å². The Morgan fingerprint density at radius 3 is 1.10 bits per heavy atom. The van der Waals surface area contributed by atoms with Crippen molar-refractivity contribution in [3.8, 4) is 0 Å². The molecule has 0 saturated carbocycles. The molecular weight excluding hydrogens is 327 g/mol. The highest BCUT2D eigenvalue weighted by atomic mass is 35.5. The van der Waals surface area contributed by atoms with Crippen molar-refractivity contribution in [3.05, 3.63) is 0 Å². The van der Waals surface area contributed by atoms with Crippen molar-refractivity contribution in [1.29, 1.82) is 0 Å². The van der Waals surface area contributed by atoms with Crippen LogP contribution in [0.25, 0.3) is 0 Å². The summed E-state index contributed by atoms with van der Waals surface area (Å²) >= 11 is 11.4. The molecule has 0 aliphatic carbocycles. The van der Waals surface area contributed by atoms with Crippen molar-refractivity contribution in [2.75, 3.05) is 52.0 Å². The number of halogens is 3. The highest BCUT2D eigenvalue weighted by Crippen LogP contribution is 2.09. The van der Waals surface area contributed by atoms with Gasteiger partial charge in [0.15, 0.2) is 0 Å². The van der Waals surface area contributed by atoms with E-state index in [9.17, 15) is 0 Å². The third-order valence-electron chi connectivity index (χ3n) is 3.76. The Morgan fingerprint density at radius 2 is 0.810 bits per heavy atom. The lowest BCUT2D eigenvalue weighted by molar-refractivity contribution is 0.339. The molecule has 0 aliphatic rings. The fraction of sp³-hybridized carbons (Fsp3) is 1.00. The second-order valence-corrected chi connectivity index (χ2v) is 6.57. The Morgan fingerprint density at radius 1 is 0.524 bits per heavy atom. The monoisotopic (exact) mass is 360 g/mol. The zero-order chi connectivity index (χ0) is 15.1. The minimum Gasteiger partial charge on any atom is -0.305 e. The van der Waals surface area contributed by atoms with Crippen molar-refractivity contribution in [3.63, 3.8) is 0 Å². The molecule has 0 radical (unpaired) electrons. The average Bonchev–Trinajstić information content (AvgIpc) is 2.41. The van der Waals surface area contributed by atoms with Crippen LogP contribution in [0.4, 0.5) is 0 Å². The second kappa shape index (κ2) is 18.8. The van der Waals surface area contributed by atoms with Crippen molar-refractivity contribution in [2.45, 2.75) is 51.4 Å². The van der Waals surface area contributed by atoms with Gasteiger partial charge in [-0.05, 0) is 40.0 Å². The van der Waals surface area contributed by atoms with Crippen LogP contribution in [0.15, 0.2) is 0 Å². The van der Waals surface area contributed by atoms with Gasteiger partial charge in [0.2, 0.25) is 0 Å². The maximum Gasteiger partial charge on any atom is 0.0351 e. The van der Waals surface area contributed by atoms with E-state index in [1.54, 1.807) is 0 Å². The van der Waals surface area contributed by atoms with Gasteiger partial charge in [0.05, 0.1) is 0 Å². The van der Waals surface area contributed by atoms with Crippen LogP contribution in [-0.2, 0) is 0 Å². The van der Waals surface area contributed by atoms with Gasteiger partial charge in [0.1, 0.15) is 0 Å². The molecule has 5 heteroatoms. The molecule has 0 N–H and O–H groups in total. The topological polar surface area (TPSA) is 6.48 Å². The molecule has 0 spiro atoms. The lowest BCUT2D eigenvalue weighted by Crippen LogP contribution is -2.21. The van der Waals surface area contributed by atoms with Crippen molar-refractivity contribution < 1.29 is 0 Å². The Bertz CT molecular complexity index is 174. The summed E-state index contributed by atoms with van der Waals surface area (Å²) in [6.07, 6.45) is 10.9. The summed E-state index contributed by atoms with van der Waals surface area (Å²) in [5.74, 6) is 1.49. The Balaban J connectivity index is 0. The van der Waals surface area contributed by atoms with Crippen LogP contribution in [0.1, 0.15) is 51.4 Å². The molecule has 0 unspecified atom stereocenters. The minimum absolute atomic E-state index is 0. The first-order valence-electron chi connectivity index (χ1n) is 8.19. The highest BCUT2D eigenvalue weighted by molar-refractivity contribution is 6.18. The largest absolute Gasteiger partial charge is 0.305 e. The Hall–Kier alpha value is 0.790. The quantitative estimate of drug-likeness (QED) is 0.303. The van der Waals surface area contributed by atoms with Gasteiger partial charge in [0, 0.05) is 24.8 Å². The van der Waals surface area contributed by atoms with Crippen LogP contribution in [0.2, 0.25) is 0 Å². The fourth-order valence-corrected chi connectivity index (χ4v) is 2.91. The number of alkyl halides is 2. The fourth-order valence-electron chi connectivity index (χ4n) is 2.34. The summed E-state index contributed by atoms with van der Waals surface area (Å²) in [6, 6.07) is 0. The molecule has 0 rings (SSSR count). The standard InChI is InChI=1S/C16H34Cl2N2.ClH/c1-19(15-11-17)13-9-7-5-3-4-6-8-10-14-20(2)16-12-18;/h3-16H2,1-2H3;1H. The van der Waals surface area contributed by atoms with E-state index in [4.69, 9.17) is 23.2 Å². The van der Waals surface area contributed by atoms with E-state index in [1.165, 1.54) is 64.5 Å². The molecule has 0 atom stereocenters. The van der Waals surface area contributed by atoms with Gasteiger partial charge in [-0.2, -0.15) is 0 Å². The number of hydrogen-bond donors (Lipinski definition) is 0. The van der Waals surface area contributed by atoms with Gasteiger partial charge in [-0.15, -0.1) is 35.6 Å². The third kappa shape index (κ3) is 18.7. The summed E-state index contributed by atoms with van der Waals surface area (Å²) in [6.45, 7) is 4.42. The molecule has 0 amide bonds. The van der Waals surface area contributed by atoms with E-state index in [1.807, 2.05) is 0 Å².